The lowest BCUT2D eigenvalue weighted by molar-refractivity contribution is 0.0600. The van der Waals surface area contributed by atoms with Gasteiger partial charge in [0.15, 0.2) is 0 Å². The van der Waals surface area contributed by atoms with Gasteiger partial charge in [0.2, 0.25) is 0 Å². The monoisotopic (exact) mass is 195 g/mol. The molecule has 2 N–H and O–H groups in total. The summed E-state index contributed by atoms with van der Waals surface area (Å²) in [6, 6.07) is 5.00. The summed E-state index contributed by atoms with van der Waals surface area (Å²) in [6.45, 7) is 0.438. The number of hydrogen-bond donors (Lipinski definition) is 1. The molecule has 0 fully saturated rings. The molecular formula is C10H13NO3. The molecule has 1 rings (SSSR count). The van der Waals surface area contributed by atoms with Crippen molar-refractivity contribution in [2.24, 2.45) is 0 Å². The summed E-state index contributed by atoms with van der Waals surface area (Å²) in [5, 5.41) is 0. The van der Waals surface area contributed by atoms with Gasteiger partial charge in [-0.2, -0.15) is 0 Å². The second-order valence-corrected chi connectivity index (χ2v) is 2.84. The number of carbonyl (C=O) groups is 1. The average molecular weight is 195 g/mol. The zero-order valence-corrected chi connectivity index (χ0v) is 8.24. The SMILES string of the molecule is COCc1ccc(C(=O)OC)cc1N. The lowest BCUT2D eigenvalue weighted by Gasteiger charge is -2.06. The number of nitrogens with two attached hydrogens (primary N) is 1. The first kappa shape index (κ1) is 10.5. The highest BCUT2D eigenvalue weighted by molar-refractivity contribution is 5.90. The van der Waals surface area contributed by atoms with Gasteiger partial charge in [-0.3, -0.25) is 0 Å². The van der Waals surface area contributed by atoms with Crippen LogP contribution in [0, 0.1) is 0 Å². The van der Waals surface area contributed by atoms with Crippen LogP contribution in [0.3, 0.4) is 0 Å². The van der Waals surface area contributed by atoms with E-state index in [0.717, 1.165) is 5.56 Å². The minimum atomic E-state index is -0.388. The van der Waals surface area contributed by atoms with Crippen LogP contribution in [0.1, 0.15) is 15.9 Å². The zero-order chi connectivity index (χ0) is 10.6. The summed E-state index contributed by atoms with van der Waals surface area (Å²) in [4.78, 5) is 11.1. The molecule has 76 valence electrons. The van der Waals surface area contributed by atoms with Crippen molar-refractivity contribution >= 4 is 11.7 Å². The molecule has 4 nitrogen and oxygen atoms in total. The van der Waals surface area contributed by atoms with Crippen molar-refractivity contribution in [1.29, 1.82) is 0 Å². The van der Waals surface area contributed by atoms with Gasteiger partial charge in [-0.05, 0) is 12.1 Å². The molecule has 0 saturated heterocycles. The molecule has 0 aliphatic rings. The van der Waals surface area contributed by atoms with Crippen LogP contribution in [0.4, 0.5) is 5.69 Å². The lowest BCUT2D eigenvalue weighted by Crippen LogP contribution is -2.04. The number of benzene rings is 1. The third-order valence-electron chi connectivity index (χ3n) is 1.87. The van der Waals surface area contributed by atoms with Crippen molar-refractivity contribution in [2.45, 2.75) is 6.61 Å². The van der Waals surface area contributed by atoms with E-state index in [0.29, 0.717) is 17.9 Å². The van der Waals surface area contributed by atoms with Crippen LogP contribution < -0.4 is 5.73 Å². The van der Waals surface area contributed by atoms with Gasteiger partial charge in [0.1, 0.15) is 0 Å². The summed E-state index contributed by atoms with van der Waals surface area (Å²) in [7, 11) is 2.93. The summed E-state index contributed by atoms with van der Waals surface area (Å²) < 4.78 is 9.50. The normalized spacial score (nSPS) is 9.86. The van der Waals surface area contributed by atoms with E-state index in [4.69, 9.17) is 10.5 Å². The van der Waals surface area contributed by atoms with Gasteiger partial charge >= 0.3 is 5.97 Å². The Bertz CT molecular complexity index is 336. The molecule has 0 atom stereocenters. The second kappa shape index (κ2) is 4.62. The fourth-order valence-corrected chi connectivity index (χ4v) is 1.13. The summed E-state index contributed by atoms with van der Waals surface area (Å²) in [5.41, 5.74) is 7.56. The van der Waals surface area contributed by atoms with Gasteiger partial charge in [0.05, 0.1) is 19.3 Å². The number of carbonyl (C=O) groups excluding carboxylic acids is 1. The topological polar surface area (TPSA) is 61.5 Å². The smallest absolute Gasteiger partial charge is 0.337 e. The van der Waals surface area contributed by atoms with Gasteiger partial charge in [-0.15, -0.1) is 0 Å². The zero-order valence-electron chi connectivity index (χ0n) is 8.24. The Hall–Kier alpha value is -1.55. The van der Waals surface area contributed by atoms with E-state index in [1.807, 2.05) is 0 Å². The lowest BCUT2D eigenvalue weighted by atomic mass is 10.1. The highest BCUT2D eigenvalue weighted by atomic mass is 16.5. The van der Waals surface area contributed by atoms with Crippen LogP contribution in [0.15, 0.2) is 18.2 Å². The van der Waals surface area contributed by atoms with Gasteiger partial charge in [-0.1, -0.05) is 6.07 Å². The van der Waals surface area contributed by atoms with Crippen LogP contribution in [-0.4, -0.2) is 20.2 Å². The maximum absolute atomic E-state index is 11.1. The highest BCUT2D eigenvalue weighted by Gasteiger charge is 2.07. The first-order chi connectivity index (χ1) is 6.69. The van der Waals surface area contributed by atoms with Crippen LogP contribution in [0.5, 0.6) is 0 Å². The quantitative estimate of drug-likeness (QED) is 0.581. The number of methoxy groups -OCH3 is 2. The van der Waals surface area contributed by atoms with Gasteiger partial charge in [0, 0.05) is 18.4 Å². The van der Waals surface area contributed by atoms with E-state index >= 15 is 0 Å². The van der Waals surface area contributed by atoms with Gasteiger partial charge in [0.25, 0.3) is 0 Å². The van der Waals surface area contributed by atoms with E-state index < -0.39 is 0 Å². The molecule has 0 heterocycles. The Morgan fingerprint density at radius 3 is 2.64 bits per heavy atom. The molecular weight excluding hydrogens is 182 g/mol. The van der Waals surface area contributed by atoms with E-state index in [1.165, 1.54) is 7.11 Å². The molecule has 0 radical (unpaired) electrons. The summed E-state index contributed by atoms with van der Waals surface area (Å²) in [5.74, 6) is -0.388. The Balaban J connectivity index is 2.94. The molecule has 1 aromatic rings. The molecule has 14 heavy (non-hydrogen) atoms. The fourth-order valence-electron chi connectivity index (χ4n) is 1.13. The number of anilines is 1. The molecule has 0 amide bonds. The van der Waals surface area contributed by atoms with Crippen molar-refractivity contribution < 1.29 is 14.3 Å². The molecule has 4 heteroatoms. The molecule has 1 aromatic carbocycles. The van der Waals surface area contributed by atoms with Gasteiger partial charge < -0.3 is 15.2 Å². The number of hydrogen-bond acceptors (Lipinski definition) is 4. The van der Waals surface area contributed by atoms with E-state index in [2.05, 4.69) is 4.74 Å². The Kier molecular flexibility index (Phi) is 3.48. The third kappa shape index (κ3) is 2.23. The fraction of sp³-hybridized carbons (Fsp3) is 0.300. The second-order valence-electron chi connectivity index (χ2n) is 2.84. The first-order valence-corrected chi connectivity index (χ1v) is 4.14. The standard InChI is InChI=1S/C10H13NO3/c1-13-6-8-4-3-7(5-9(8)11)10(12)14-2/h3-5H,6,11H2,1-2H3. The van der Waals surface area contributed by atoms with Gasteiger partial charge in [-0.25, -0.2) is 4.79 Å². The minimum absolute atomic E-state index is 0.388. The van der Waals surface area contributed by atoms with Crippen molar-refractivity contribution in [3.05, 3.63) is 29.3 Å². The Morgan fingerprint density at radius 1 is 1.43 bits per heavy atom. The van der Waals surface area contributed by atoms with E-state index in [1.54, 1.807) is 25.3 Å². The highest BCUT2D eigenvalue weighted by Crippen LogP contribution is 2.15. The number of esters is 1. The maximum atomic E-state index is 11.1. The average Bonchev–Trinajstić information content (AvgIpc) is 2.20. The molecule has 0 spiro atoms. The molecule has 0 unspecified atom stereocenters. The minimum Gasteiger partial charge on any atom is -0.465 e. The molecule has 0 saturated carbocycles. The first-order valence-electron chi connectivity index (χ1n) is 4.14. The molecule has 0 aliphatic heterocycles. The number of ether oxygens (including phenoxy) is 2. The van der Waals surface area contributed by atoms with Crippen LogP contribution >= 0.6 is 0 Å². The van der Waals surface area contributed by atoms with E-state index in [9.17, 15) is 4.79 Å². The molecule has 0 aliphatic carbocycles. The number of rotatable bonds is 3. The maximum Gasteiger partial charge on any atom is 0.337 e. The summed E-state index contributed by atoms with van der Waals surface area (Å²) in [6.07, 6.45) is 0. The van der Waals surface area contributed by atoms with Crippen molar-refractivity contribution in [3.63, 3.8) is 0 Å². The van der Waals surface area contributed by atoms with E-state index in [-0.39, 0.29) is 5.97 Å². The van der Waals surface area contributed by atoms with Crippen LogP contribution in [-0.2, 0) is 16.1 Å². The molecule has 0 bridgehead atoms. The van der Waals surface area contributed by atoms with Crippen molar-refractivity contribution in [1.82, 2.24) is 0 Å². The predicted molar refractivity (Wildman–Crippen MR) is 52.9 cm³/mol. The summed E-state index contributed by atoms with van der Waals surface area (Å²) >= 11 is 0. The van der Waals surface area contributed by atoms with Crippen LogP contribution in [0.2, 0.25) is 0 Å². The largest absolute Gasteiger partial charge is 0.465 e. The third-order valence-corrected chi connectivity index (χ3v) is 1.87. The van der Waals surface area contributed by atoms with Crippen molar-refractivity contribution in [2.75, 3.05) is 20.0 Å². The predicted octanol–water partition coefficient (Wildman–Crippen LogP) is 1.20. The van der Waals surface area contributed by atoms with Crippen molar-refractivity contribution in [3.8, 4) is 0 Å². The Labute approximate surface area is 82.6 Å². The molecule has 0 aromatic heterocycles. The Morgan fingerprint density at radius 2 is 2.14 bits per heavy atom. The number of nitrogen functional groups attached to an aromatic ring is 1. The van der Waals surface area contributed by atoms with Crippen LogP contribution in [0.25, 0.3) is 0 Å².